The Kier molecular flexibility index (Phi) is 8.06. The van der Waals surface area contributed by atoms with Gasteiger partial charge in [-0.2, -0.15) is 0 Å². The highest BCUT2D eigenvalue weighted by atomic mass is 35.5. The number of carbonyl (C=O) groups is 2. The van der Waals surface area contributed by atoms with Crippen molar-refractivity contribution in [3.8, 4) is 0 Å². The Balaban J connectivity index is 0.00000306. The van der Waals surface area contributed by atoms with Crippen molar-refractivity contribution in [3.63, 3.8) is 0 Å². The predicted octanol–water partition coefficient (Wildman–Crippen LogP) is 5.44. The molecule has 0 radical (unpaired) electrons. The van der Waals surface area contributed by atoms with Gasteiger partial charge >= 0.3 is 5.97 Å². The molecule has 4 rings (SSSR count). The molecule has 172 valence electrons. The molecule has 1 aromatic carbocycles. The van der Waals surface area contributed by atoms with Crippen molar-refractivity contribution in [1.82, 2.24) is 9.97 Å². The maximum Gasteiger partial charge on any atom is 0.305 e. The molecule has 6 nitrogen and oxygen atoms in total. The summed E-state index contributed by atoms with van der Waals surface area (Å²) in [6.07, 6.45) is 6.91. The molecule has 1 atom stereocenters. The van der Waals surface area contributed by atoms with Gasteiger partial charge in [-0.25, -0.2) is 4.98 Å². The Bertz CT molecular complexity index is 1110. The highest BCUT2D eigenvalue weighted by Crippen LogP contribution is 2.48. The highest BCUT2D eigenvalue weighted by molar-refractivity contribution is 6.30. The van der Waals surface area contributed by atoms with Crippen molar-refractivity contribution in [2.24, 2.45) is 0 Å². The van der Waals surface area contributed by atoms with E-state index in [0.717, 1.165) is 11.1 Å². The average molecular weight is 486 g/mol. The van der Waals surface area contributed by atoms with Crippen molar-refractivity contribution in [1.29, 1.82) is 0 Å². The van der Waals surface area contributed by atoms with E-state index >= 15 is 0 Å². The molecule has 0 N–H and O–H groups in total. The van der Waals surface area contributed by atoms with E-state index in [-0.39, 0.29) is 30.7 Å². The average Bonchev–Trinajstić information content (AvgIpc) is 3.03. The molecule has 0 saturated carbocycles. The quantitative estimate of drug-likeness (QED) is 0.397. The van der Waals surface area contributed by atoms with Crippen molar-refractivity contribution >= 4 is 47.4 Å². The summed E-state index contributed by atoms with van der Waals surface area (Å²) < 4.78 is 5.09. The minimum atomic E-state index is -0.850. The van der Waals surface area contributed by atoms with Crippen LogP contribution in [0.15, 0.2) is 67.1 Å². The lowest BCUT2D eigenvalue weighted by Gasteiger charge is -2.29. The number of nitrogens with zero attached hydrogens (tertiary/aromatic N) is 3. The highest BCUT2D eigenvalue weighted by Gasteiger charge is 2.51. The maximum atomic E-state index is 14.1. The third kappa shape index (κ3) is 5.02. The standard InChI is InChI=1S/C25H24ClN3O3.ClH/c1-2-32-22(30)6-3-13-25(17-18-11-15-27-16-12-18)21-5-4-14-28-23(21)29(24(25)31)20-9-7-19(26)8-10-20;/h4-5,7-12,14-16H,2-3,6,13,17H2,1H3;1H. The number of hydrogen-bond donors (Lipinski definition) is 0. The van der Waals surface area contributed by atoms with Gasteiger partial charge in [-0.15, -0.1) is 12.4 Å². The van der Waals surface area contributed by atoms with Crippen LogP contribution in [-0.4, -0.2) is 28.5 Å². The summed E-state index contributed by atoms with van der Waals surface area (Å²) in [5, 5.41) is 0.596. The van der Waals surface area contributed by atoms with Gasteiger partial charge in [0.25, 0.3) is 0 Å². The van der Waals surface area contributed by atoms with Crippen LogP contribution < -0.4 is 4.90 Å². The van der Waals surface area contributed by atoms with Crippen LogP contribution in [-0.2, 0) is 26.2 Å². The fourth-order valence-electron chi connectivity index (χ4n) is 4.32. The second-order valence-corrected chi connectivity index (χ2v) is 8.20. The molecule has 2 aromatic heterocycles. The fourth-order valence-corrected chi connectivity index (χ4v) is 4.45. The van der Waals surface area contributed by atoms with Crippen LogP contribution in [0.25, 0.3) is 0 Å². The molecule has 33 heavy (non-hydrogen) atoms. The molecule has 8 heteroatoms. The van der Waals surface area contributed by atoms with Crippen LogP contribution in [0.2, 0.25) is 5.02 Å². The summed E-state index contributed by atoms with van der Waals surface area (Å²) in [4.78, 5) is 36.4. The van der Waals surface area contributed by atoms with Crippen molar-refractivity contribution < 1.29 is 14.3 Å². The second kappa shape index (κ2) is 10.8. The van der Waals surface area contributed by atoms with Gasteiger partial charge in [0.15, 0.2) is 0 Å². The van der Waals surface area contributed by atoms with Gasteiger partial charge in [-0.3, -0.25) is 19.5 Å². The smallest absolute Gasteiger partial charge is 0.305 e. The first-order chi connectivity index (χ1) is 15.5. The number of amides is 1. The van der Waals surface area contributed by atoms with E-state index in [0.29, 0.717) is 42.4 Å². The Morgan fingerprint density at radius 1 is 1.09 bits per heavy atom. The van der Waals surface area contributed by atoms with Crippen LogP contribution in [0.3, 0.4) is 0 Å². The van der Waals surface area contributed by atoms with Gasteiger partial charge in [0, 0.05) is 35.6 Å². The number of ether oxygens (including phenoxy) is 1. The topological polar surface area (TPSA) is 72.4 Å². The Hall–Kier alpha value is -2.96. The number of halogens is 2. The normalized spacial score (nSPS) is 16.8. The first-order valence-electron chi connectivity index (χ1n) is 10.7. The second-order valence-electron chi connectivity index (χ2n) is 7.76. The van der Waals surface area contributed by atoms with E-state index in [1.54, 1.807) is 42.5 Å². The Labute approximate surface area is 204 Å². The molecule has 0 spiro atoms. The molecular weight excluding hydrogens is 461 g/mol. The van der Waals surface area contributed by atoms with Crippen LogP contribution in [0, 0.1) is 0 Å². The van der Waals surface area contributed by atoms with Gasteiger partial charge in [0.2, 0.25) is 5.91 Å². The number of rotatable bonds is 8. The largest absolute Gasteiger partial charge is 0.466 e. The first-order valence-corrected chi connectivity index (χ1v) is 11.0. The van der Waals surface area contributed by atoms with E-state index in [4.69, 9.17) is 16.3 Å². The van der Waals surface area contributed by atoms with Gasteiger partial charge in [-0.05, 0) is 74.2 Å². The molecule has 1 aliphatic rings. The van der Waals surface area contributed by atoms with Gasteiger partial charge in [0.1, 0.15) is 5.82 Å². The monoisotopic (exact) mass is 485 g/mol. The number of pyridine rings is 2. The minimum Gasteiger partial charge on any atom is -0.466 e. The summed E-state index contributed by atoms with van der Waals surface area (Å²) in [5.74, 6) is 0.303. The Morgan fingerprint density at radius 3 is 2.52 bits per heavy atom. The van der Waals surface area contributed by atoms with Crippen LogP contribution in [0.5, 0.6) is 0 Å². The molecule has 1 aliphatic heterocycles. The maximum absolute atomic E-state index is 14.1. The van der Waals surface area contributed by atoms with Crippen molar-refractivity contribution in [3.05, 3.63) is 83.3 Å². The number of benzene rings is 1. The van der Waals surface area contributed by atoms with Gasteiger partial charge in [0.05, 0.1) is 17.7 Å². The van der Waals surface area contributed by atoms with Crippen LogP contribution in [0.1, 0.15) is 37.3 Å². The van der Waals surface area contributed by atoms with Crippen molar-refractivity contribution in [2.45, 2.75) is 38.0 Å². The molecule has 1 unspecified atom stereocenters. The van der Waals surface area contributed by atoms with Crippen LogP contribution in [0.4, 0.5) is 11.5 Å². The lowest BCUT2D eigenvalue weighted by atomic mass is 9.73. The molecule has 3 aromatic rings. The SMILES string of the molecule is CCOC(=O)CCCC1(Cc2ccncc2)C(=O)N(c2ccc(Cl)cc2)c2ncccc21.Cl. The molecule has 0 fully saturated rings. The molecule has 0 saturated heterocycles. The third-order valence-corrected chi connectivity index (χ3v) is 6.01. The lowest BCUT2D eigenvalue weighted by Crippen LogP contribution is -2.40. The van der Waals surface area contributed by atoms with E-state index in [9.17, 15) is 9.59 Å². The van der Waals surface area contributed by atoms with Crippen LogP contribution >= 0.6 is 24.0 Å². The first kappa shape index (κ1) is 24.7. The number of anilines is 2. The zero-order chi connectivity index (χ0) is 22.6. The molecule has 3 heterocycles. The number of hydrogen-bond acceptors (Lipinski definition) is 5. The summed E-state index contributed by atoms with van der Waals surface area (Å²) >= 11 is 6.07. The van der Waals surface area contributed by atoms with Gasteiger partial charge < -0.3 is 4.74 Å². The zero-order valence-electron chi connectivity index (χ0n) is 18.2. The molecule has 0 bridgehead atoms. The van der Waals surface area contributed by atoms with Crippen molar-refractivity contribution in [2.75, 3.05) is 11.5 Å². The minimum absolute atomic E-state index is 0. The molecule has 0 aliphatic carbocycles. The summed E-state index contributed by atoms with van der Waals surface area (Å²) in [6, 6.07) is 14.8. The summed E-state index contributed by atoms with van der Waals surface area (Å²) in [5.41, 5.74) is 1.72. The van der Waals surface area contributed by atoms with E-state index < -0.39 is 5.41 Å². The molecule has 1 amide bonds. The third-order valence-electron chi connectivity index (χ3n) is 5.76. The van der Waals surface area contributed by atoms with E-state index in [1.807, 2.05) is 36.4 Å². The number of esters is 1. The summed E-state index contributed by atoms with van der Waals surface area (Å²) in [6.45, 7) is 2.13. The molecular formula is C25H25Cl2N3O3. The number of carbonyl (C=O) groups excluding carboxylic acids is 2. The Morgan fingerprint density at radius 2 is 1.82 bits per heavy atom. The number of aromatic nitrogens is 2. The lowest BCUT2D eigenvalue weighted by molar-refractivity contribution is -0.143. The van der Waals surface area contributed by atoms with Gasteiger partial charge in [-0.1, -0.05) is 17.7 Å². The number of fused-ring (bicyclic) bond motifs is 1. The predicted molar refractivity (Wildman–Crippen MR) is 130 cm³/mol. The zero-order valence-corrected chi connectivity index (χ0v) is 19.8. The fraction of sp³-hybridized carbons (Fsp3) is 0.280. The summed E-state index contributed by atoms with van der Waals surface area (Å²) in [7, 11) is 0. The van der Waals surface area contributed by atoms with E-state index in [1.165, 1.54) is 0 Å². The van der Waals surface area contributed by atoms with E-state index in [2.05, 4.69) is 9.97 Å².